The molecule has 16 heavy (non-hydrogen) atoms. The van der Waals surface area contributed by atoms with Crippen LogP contribution in [-0.2, 0) is 4.79 Å². The van der Waals surface area contributed by atoms with Crippen LogP contribution in [0.5, 0.6) is 5.75 Å². The third kappa shape index (κ3) is 3.53. The first kappa shape index (κ1) is 13.0. The van der Waals surface area contributed by atoms with Gasteiger partial charge in [0.25, 0.3) is 0 Å². The molecule has 1 aromatic carbocycles. The van der Waals surface area contributed by atoms with Crippen LogP contribution in [0, 0.1) is 20.8 Å². The van der Waals surface area contributed by atoms with Crippen molar-refractivity contribution in [1.82, 2.24) is 0 Å². The highest BCUT2D eigenvalue weighted by molar-refractivity contribution is 6.63. The summed E-state index contributed by atoms with van der Waals surface area (Å²) in [6, 6.07) is 4.13. The van der Waals surface area contributed by atoms with E-state index < -0.39 is 0 Å². The van der Waals surface area contributed by atoms with Gasteiger partial charge in [0.05, 0.1) is 6.61 Å². The molecule has 0 N–H and O–H groups in total. The minimum atomic E-state index is -0.304. The van der Waals surface area contributed by atoms with Crippen LogP contribution in [0.3, 0.4) is 0 Å². The Kier molecular flexibility index (Phi) is 4.81. The number of halogens is 1. The fourth-order valence-electron chi connectivity index (χ4n) is 1.53. The summed E-state index contributed by atoms with van der Waals surface area (Å²) in [6.07, 6.45) is 1.03. The molecule has 3 heteroatoms. The van der Waals surface area contributed by atoms with Gasteiger partial charge in [0.15, 0.2) is 0 Å². The average Bonchev–Trinajstić information content (AvgIpc) is 2.22. The van der Waals surface area contributed by atoms with Gasteiger partial charge in [-0.15, -0.1) is 0 Å². The zero-order valence-corrected chi connectivity index (χ0v) is 10.7. The monoisotopic (exact) mass is 240 g/mol. The van der Waals surface area contributed by atoms with Gasteiger partial charge in [-0.1, -0.05) is 12.1 Å². The molecule has 0 aliphatic carbocycles. The van der Waals surface area contributed by atoms with E-state index in [2.05, 4.69) is 13.0 Å². The van der Waals surface area contributed by atoms with E-state index in [4.69, 9.17) is 16.3 Å². The average molecular weight is 241 g/mol. The molecule has 0 aromatic heterocycles. The van der Waals surface area contributed by atoms with Gasteiger partial charge in [0, 0.05) is 6.42 Å². The Balaban J connectivity index is 2.60. The predicted octanol–water partition coefficient (Wildman–Crippen LogP) is 3.54. The third-order valence-corrected chi connectivity index (χ3v) is 2.83. The van der Waals surface area contributed by atoms with Crippen LogP contribution in [0.15, 0.2) is 12.1 Å². The summed E-state index contributed by atoms with van der Waals surface area (Å²) in [5, 5.41) is -0.304. The van der Waals surface area contributed by atoms with Crippen molar-refractivity contribution in [1.29, 1.82) is 0 Å². The molecule has 1 aromatic rings. The summed E-state index contributed by atoms with van der Waals surface area (Å²) in [7, 11) is 0. The molecular weight excluding hydrogens is 224 g/mol. The highest BCUT2D eigenvalue weighted by Crippen LogP contribution is 2.25. The van der Waals surface area contributed by atoms with Gasteiger partial charge in [-0.2, -0.15) is 0 Å². The van der Waals surface area contributed by atoms with Gasteiger partial charge in [0.2, 0.25) is 5.24 Å². The number of carbonyl (C=O) groups excluding carboxylic acids is 1. The highest BCUT2D eigenvalue weighted by Gasteiger charge is 2.06. The maximum absolute atomic E-state index is 10.6. The van der Waals surface area contributed by atoms with Gasteiger partial charge >= 0.3 is 0 Å². The normalized spacial score (nSPS) is 10.2. The topological polar surface area (TPSA) is 26.3 Å². The second-order valence-corrected chi connectivity index (χ2v) is 4.38. The second-order valence-electron chi connectivity index (χ2n) is 3.96. The van der Waals surface area contributed by atoms with Crippen LogP contribution in [0.1, 0.15) is 29.5 Å². The summed E-state index contributed by atoms with van der Waals surface area (Å²) in [5.74, 6) is 0.932. The zero-order valence-electron chi connectivity index (χ0n) is 9.97. The van der Waals surface area contributed by atoms with E-state index in [1.165, 1.54) is 5.56 Å². The Morgan fingerprint density at radius 1 is 1.25 bits per heavy atom. The van der Waals surface area contributed by atoms with Crippen molar-refractivity contribution in [3.05, 3.63) is 28.8 Å². The van der Waals surface area contributed by atoms with Crippen LogP contribution in [0.25, 0.3) is 0 Å². The molecule has 2 nitrogen and oxygen atoms in total. The van der Waals surface area contributed by atoms with Crippen LogP contribution in [0.2, 0.25) is 0 Å². The quantitative estimate of drug-likeness (QED) is 0.581. The van der Waals surface area contributed by atoms with Crippen molar-refractivity contribution in [3.63, 3.8) is 0 Å². The van der Waals surface area contributed by atoms with E-state index in [-0.39, 0.29) is 5.24 Å². The molecule has 0 spiro atoms. The van der Waals surface area contributed by atoms with Crippen molar-refractivity contribution in [3.8, 4) is 5.75 Å². The van der Waals surface area contributed by atoms with Crippen molar-refractivity contribution < 1.29 is 9.53 Å². The maximum Gasteiger partial charge on any atom is 0.221 e. The van der Waals surface area contributed by atoms with Crippen molar-refractivity contribution in [2.75, 3.05) is 6.61 Å². The van der Waals surface area contributed by atoms with Crippen LogP contribution in [-0.4, -0.2) is 11.8 Å². The molecular formula is C13H17ClO2. The molecule has 1 rings (SSSR count). The molecule has 0 aliphatic heterocycles. The van der Waals surface area contributed by atoms with E-state index in [0.29, 0.717) is 19.4 Å². The summed E-state index contributed by atoms with van der Waals surface area (Å²) >= 11 is 5.25. The zero-order chi connectivity index (χ0) is 12.1. The molecule has 0 bridgehead atoms. The largest absolute Gasteiger partial charge is 0.493 e. The SMILES string of the molecule is Cc1ccc(C)c(OCCCC(=O)Cl)c1C. The molecule has 0 radical (unpaired) electrons. The van der Waals surface area contributed by atoms with Crippen LogP contribution in [0.4, 0.5) is 0 Å². The summed E-state index contributed by atoms with van der Waals surface area (Å²) in [6.45, 7) is 6.66. The van der Waals surface area contributed by atoms with Crippen molar-refractivity contribution in [2.45, 2.75) is 33.6 Å². The Bertz CT molecular complexity index is 386. The number of carbonyl (C=O) groups is 1. The lowest BCUT2D eigenvalue weighted by atomic mass is 10.1. The molecule has 0 saturated carbocycles. The second kappa shape index (κ2) is 5.90. The Hall–Kier alpha value is -1.02. The Morgan fingerprint density at radius 2 is 1.88 bits per heavy atom. The lowest BCUT2D eigenvalue weighted by Gasteiger charge is -2.13. The summed E-state index contributed by atoms with van der Waals surface area (Å²) < 4.78 is 5.69. The molecule has 0 heterocycles. The predicted molar refractivity (Wildman–Crippen MR) is 66.2 cm³/mol. The van der Waals surface area contributed by atoms with Gasteiger partial charge in [0.1, 0.15) is 5.75 Å². The van der Waals surface area contributed by atoms with Gasteiger partial charge in [-0.3, -0.25) is 4.79 Å². The fourth-order valence-corrected chi connectivity index (χ4v) is 1.67. The minimum absolute atomic E-state index is 0.304. The first-order valence-corrected chi connectivity index (χ1v) is 5.78. The molecule has 0 amide bonds. The molecule has 0 fully saturated rings. The number of hydrogen-bond acceptors (Lipinski definition) is 2. The smallest absolute Gasteiger partial charge is 0.221 e. The van der Waals surface area contributed by atoms with Crippen LogP contribution < -0.4 is 4.74 Å². The number of aryl methyl sites for hydroxylation is 2. The van der Waals surface area contributed by atoms with Crippen molar-refractivity contribution in [2.24, 2.45) is 0 Å². The Morgan fingerprint density at radius 3 is 2.50 bits per heavy atom. The number of benzene rings is 1. The highest BCUT2D eigenvalue weighted by atomic mass is 35.5. The number of ether oxygens (including phenoxy) is 1. The molecule has 0 atom stereocenters. The van der Waals surface area contributed by atoms with Gasteiger partial charge < -0.3 is 4.74 Å². The standard InChI is InChI=1S/C13H17ClO2/c1-9-6-7-10(2)13(11(9)3)16-8-4-5-12(14)15/h6-7H,4-5,8H2,1-3H3. The molecule has 0 unspecified atom stereocenters. The van der Waals surface area contributed by atoms with Gasteiger partial charge in [-0.25, -0.2) is 0 Å². The molecule has 0 saturated heterocycles. The van der Waals surface area contributed by atoms with Crippen LogP contribution >= 0.6 is 11.6 Å². The molecule has 88 valence electrons. The summed E-state index contributed by atoms with van der Waals surface area (Å²) in [4.78, 5) is 10.6. The lowest BCUT2D eigenvalue weighted by molar-refractivity contribution is -0.111. The Labute approximate surface area is 102 Å². The first-order chi connectivity index (χ1) is 7.52. The lowest BCUT2D eigenvalue weighted by Crippen LogP contribution is -2.03. The van der Waals surface area contributed by atoms with E-state index >= 15 is 0 Å². The van der Waals surface area contributed by atoms with E-state index in [9.17, 15) is 4.79 Å². The number of rotatable bonds is 5. The van der Waals surface area contributed by atoms with E-state index in [1.807, 2.05) is 19.9 Å². The molecule has 0 aliphatic rings. The van der Waals surface area contributed by atoms with Gasteiger partial charge in [-0.05, 0) is 55.5 Å². The maximum atomic E-state index is 10.6. The first-order valence-electron chi connectivity index (χ1n) is 5.40. The van der Waals surface area contributed by atoms with Crippen molar-refractivity contribution >= 4 is 16.8 Å². The van der Waals surface area contributed by atoms with E-state index in [1.54, 1.807) is 0 Å². The third-order valence-electron chi connectivity index (χ3n) is 2.64. The fraction of sp³-hybridized carbons (Fsp3) is 0.462. The summed E-state index contributed by atoms with van der Waals surface area (Å²) in [5.41, 5.74) is 3.51. The minimum Gasteiger partial charge on any atom is -0.493 e. The van der Waals surface area contributed by atoms with E-state index in [0.717, 1.165) is 16.9 Å². The number of hydrogen-bond donors (Lipinski definition) is 0.